The predicted molar refractivity (Wildman–Crippen MR) is 56.6 cm³/mol. The minimum absolute atomic E-state index is 0.252. The molecule has 0 fully saturated rings. The van der Waals surface area contributed by atoms with Crippen LogP contribution in [-0.2, 0) is 6.42 Å². The molecule has 0 atom stereocenters. The number of nitrogens with zero attached hydrogens (tertiary/aromatic N) is 2. The molecule has 0 unspecified atom stereocenters. The molecule has 0 saturated heterocycles. The first-order valence-corrected chi connectivity index (χ1v) is 5.11. The van der Waals surface area contributed by atoms with Crippen molar-refractivity contribution in [1.82, 2.24) is 9.97 Å². The van der Waals surface area contributed by atoms with Gasteiger partial charge in [0, 0.05) is 5.39 Å². The lowest BCUT2D eigenvalue weighted by Gasteiger charge is -2.03. The molecule has 72 valence electrons. The fourth-order valence-corrected chi connectivity index (χ4v) is 1.81. The average Bonchev–Trinajstić information content (AvgIpc) is 2.17. The summed E-state index contributed by atoms with van der Waals surface area (Å²) in [7, 11) is 0. The van der Waals surface area contributed by atoms with Crippen LogP contribution in [0.3, 0.4) is 0 Å². The fraction of sp³-hybridized carbons (Fsp3) is 0.200. The van der Waals surface area contributed by atoms with Crippen molar-refractivity contribution in [3.8, 4) is 0 Å². The zero-order valence-corrected chi connectivity index (χ0v) is 9.18. The number of hydrogen-bond acceptors (Lipinski definition) is 2. The zero-order chi connectivity index (χ0) is 10.1. The SMILES string of the molecule is CCc1nc(Br)nc2ccc(F)cc12. The van der Waals surface area contributed by atoms with E-state index in [1.54, 1.807) is 6.07 Å². The third-order valence-electron chi connectivity index (χ3n) is 2.04. The molecule has 2 nitrogen and oxygen atoms in total. The van der Waals surface area contributed by atoms with Crippen molar-refractivity contribution in [2.24, 2.45) is 0 Å². The van der Waals surface area contributed by atoms with E-state index in [1.807, 2.05) is 6.92 Å². The molecule has 2 aromatic rings. The quantitative estimate of drug-likeness (QED) is 0.732. The van der Waals surface area contributed by atoms with E-state index in [-0.39, 0.29) is 5.82 Å². The lowest BCUT2D eigenvalue weighted by atomic mass is 10.1. The van der Waals surface area contributed by atoms with Crippen molar-refractivity contribution in [2.45, 2.75) is 13.3 Å². The number of aromatic nitrogens is 2. The molecular formula is C10H8BrFN2. The zero-order valence-electron chi connectivity index (χ0n) is 7.59. The summed E-state index contributed by atoms with van der Waals surface area (Å²) in [5.41, 5.74) is 1.63. The Hall–Kier alpha value is -1.03. The van der Waals surface area contributed by atoms with E-state index in [9.17, 15) is 4.39 Å². The van der Waals surface area contributed by atoms with Gasteiger partial charge in [0.05, 0.1) is 11.2 Å². The smallest absolute Gasteiger partial charge is 0.197 e. The second kappa shape index (κ2) is 3.61. The number of halogens is 2. The molecule has 0 aliphatic carbocycles. The van der Waals surface area contributed by atoms with Gasteiger partial charge in [-0.1, -0.05) is 6.92 Å². The van der Waals surface area contributed by atoms with Crippen molar-refractivity contribution in [2.75, 3.05) is 0 Å². The predicted octanol–water partition coefficient (Wildman–Crippen LogP) is 3.09. The van der Waals surface area contributed by atoms with Gasteiger partial charge in [0.2, 0.25) is 0 Å². The summed E-state index contributed by atoms with van der Waals surface area (Å²) in [6.07, 6.45) is 0.765. The van der Waals surface area contributed by atoms with E-state index in [2.05, 4.69) is 25.9 Å². The molecule has 1 aromatic heterocycles. The number of aryl methyl sites for hydroxylation is 1. The van der Waals surface area contributed by atoms with Crippen LogP contribution >= 0.6 is 15.9 Å². The van der Waals surface area contributed by atoms with E-state index < -0.39 is 0 Å². The topological polar surface area (TPSA) is 25.8 Å². The number of benzene rings is 1. The number of fused-ring (bicyclic) bond motifs is 1. The summed E-state index contributed by atoms with van der Waals surface area (Å²) < 4.78 is 13.5. The molecule has 4 heteroatoms. The second-order valence-electron chi connectivity index (χ2n) is 2.95. The van der Waals surface area contributed by atoms with Crippen LogP contribution < -0.4 is 0 Å². The Morgan fingerprint density at radius 1 is 1.36 bits per heavy atom. The molecule has 0 N–H and O–H groups in total. The molecule has 0 aliphatic rings. The molecule has 2 rings (SSSR count). The third-order valence-corrected chi connectivity index (χ3v) is 2.40. The van der Waals surface area contributed by atoms with E-state index in [0.717, 1.165) is 23.0 Å². The Balaban J connectivity index is 2.81. The summed E-state index contributed by atoms with van der Waals surface area (Å²) in [6, 6.07) is 4.54. The summed E-state index contributed by atoms with van der Waals surface area (Å²) in [5.74, 6) is -0.252. The Kier molecular flexibility index (Phi) is 2.46. The summed E-state index contributed by atoms with van der Waals surface area (Å²) in [5, 5.41) is 0.788. The minimum atomic E-state index is -0.252. The van der Waals surface area contributed by atoms with Crippen molar-refractivity contribution in [3.63, 3.8) is 0 Å². The van der Waals surface area contributed by atoms with Gasteiger partial charge in [-0.05, 0) is 40.5 Å². The highest BCUT2D eigenvalue weighted by molar-refractivity contribution is 9.10. The highest BCUT2D eigenvalue weighted by atomic mass is 79.9. The largest absolute Gasteiger partial charge is 0.227 e. The highest BCUT2D eigenvalue weighted by Crippen LogP contribution is 2.19. The number of rotatable bonds is 1. The van der Waals surface area contributed by atoms with E-state index in [0.29, 0.717) is 4.73 Å². The molecule has 1 aromatic carbocycles. The Morgan fingerprint density at radius 3 is 2.86 bits per heavy atom. The van der Waals surface area contributed by atoms with Crippen molar-refractivity contribution < 1.29 is 4.39 Å². The number of hydrogen-bond donors (Lipinski definition) is 0. The van der Waals surface area contributed by atoms with Crippen molar-refractivity contribution in [1.29, 1.82) is 0 Å². The van der Waals surface area contributed by atoms with Crippen LogP contribution in [-0.4, -0.2) is 9.97 Å². The van der Waals surface area contributed by atoms with Crippen LogP contribution in [0.4, 0.5) is 4.39 Å². The van der Waals surface area contributed by atoms with Gasteiger partial charge < -0.3 is 0 Å². The lowest BCUT2D eigenvalue weighted by Crippen LogP contribution is -1.94. The summed E-state index contributed by atoms with van der Waals surface area (Å²) in [6.45, 7) is 1.99. The van der Waals surface area contributed by atoms with E-state index in [4.69, 9.17) is 0 Å². The minimum Gasteiger partial charge on any atom is -0.227 e. The Labute approximate surface area is 89.3 Å². The van der Waals surface area contributed by atoms with Gasteiger partial charge in [0.25, 0.3) is 0 Å². The monoisotopic (exact) mass is 254 g/mol. The first-order chi connectivity index (χ1) is 6.70. The molecule has 0 bridgehead atoms. The van der Waals surface area contributed by atoms with Crippen LogP contribution in [0.25, 0.3) is 10.9 Å². The van der Waals surface area contributed by atoms with Gasteiger partial charge >= 0.3 is 0 Å². The molecule has 0 saturated carbocycles. The van der Waals surface area contributed by atoms with Crippen LogP contribution in [0.2, 0.25) is 0 Å². The fourth-order valence-electron chi connectivity index (χ4n) is 1.40. The van der Waals surface area contributed by atoms with Crippen LogP contribution in [0, 0.1) is 5.82 Å². The van der Waals surface area contributed by atoms with Gasteiger partial charge in [0.15, 0.2) is 4.73 Å². The van der Waals surface area contributed by atoms with Gasteiger partial charge in [-0.15, -0.1) is 0 Å². The normalized spacial score (nSPS) is 10.8. The highest BCUT2D eigenvalue weighted by Gasteiger charge is 2.05. The maximum absolute atomic E-state index is 13.0. The molecular weight excluding hydrogens is 247 g/mol. The molecule has 0 aliphatic heterocycles. The Morgan fingerprint density at radius 2 is 2.14 bits per heavy atom. The maximum Gasteiger partial charge on any atom is 0.197 e. The van der Waals surface area contributed by atoms with Gasteiger partial charge in [0.1, 0.15) is 5.82 Å². The molecule has 1 heterocycles. The molecule has 14 heavy (non-hydrogen) atoms. The Bertz CT molecular complexity index is 485. The third kappa shape index (κ3) is 1.62. The van der Waals surface area contributed by atoms with E-state index >= 15 is 0 Å². The van der Waals surface area contributed by atoms with Crippen LogP contribution in [0.15, 0.2) is 22.9 Å². The first-order valence-electron chi connectivity index (χ1n) is 4.32. The molecule has 0 amide bonds. The molecule has 0 spiro atoms. The standard InChI is InChI=1S/C10H8BrFN2/c1-2-8-7-5-6(12)3-4-9(7)14-10(11)13-8/h3-5H,2H2,1H3. The van der Waals surface area contributed by atoms with Crippen LogP contribution in [0.5, 0.6) is 0 Å². The maximum atomic E-state index is 13.0. The molecule has 0 radical (unpaired) electrons. The summed E-state index contributed by atoms with van der Waals surface area (Å²) >= 11 is 3.23. The lowest BCUT2D eigenvalue weighted by molar-refractivity contribution is 0.629. The van der Waals surface area contributed by atoms with Crippen LogP contribution in [0.1, 0.15) is 12.6 Å². The average molecular weight is 255 g/mol. The summed E-state index contributed by atoms with van der Waals surface area (Å²) in [4.78, 5) is 8.36. The van der Waals surface area contributed by atoms with Crippen molar-refractivity contribution >= 4 is 26.8 Å². The first kappa shape index (κ1) is 9.52. The van der Waals surface area contributed by atoms with Gasteiger partial charge in [-0.2, -0.15) is 0 Å². The van der Waals surface area contributed by atoms with E-state index in [1.165, 1.54) is 12.1 Å². The second-order valence-corrected chi connectivity index (χ2v) is 3.66. The van der Waals surface area contributed by atoms with Crippen molar-refractivity contribution in [3.05, 3.63) is 34.4 Å². The van der Waals surface area contributed by atoms with Gasteiger partial charge in [-0.25, -0.2) is 14.4 Å². The van der Waals surface area contributed by atoms with Gasteiger partial charge in [-0.3, -0.25) is 0 Å².